The predicted molar refractivity (Wildman–Crippen MR) is 73.8 cm³/mol. The topological polar surface area (TPSA) is 59.6 Å². The second kappa shape index (κ2) is 7.03. The Kier molecular flexibility index (Phi) is 5.67. The van der Waals surface area contributed by atoms with Crippen LogP contribution in [-0.2, 0) is 11.3 Å². The van der Waals surface area contributed by atoms with Crippen LogP contribution in [0.25, 0.3) is 0 Å². The van der Waals surface area contributed by atoms with E-state index in [1.165, 1.54) is 12.3 Å². The normalized spacial score (nSPS) is 11.1. The third-order valence-electron chi connectivity index (χ3n) is 2.04. The molecular weight excluding hydrogens is 253 g/mol. The SMILES string of the molecule is CC(C)OCc1ccc(C=NNC(N)=S)cc1F. The minimum Gasteiger partial charge on any atom is -0.375 e. The molecule has 3 N–H and O–H groups in total. The monoisotopic (exact) mass is 269 g/mol. The van der Waals surface area contributed by atoms with Crippen molar-refractivity contribution in [1.82, 2.24) is 5.43 Å². The van der Waals surface area contributed by atoms with Crippen molar-refractivity contribution in [2.45, 2.75) is 26.6 Å². The zero-order valence-corrected chi connectivity index (χ0v) is 11.1. The molecule has 0 aliphatic carbocycles. The molecule has 0 fully saturated rings. The number of nitrogens with one attached hydrogen (secondary N) is 1. The van der Waals surface area contributed by atoms with E-state index in [-0.39, 0.29) is 23.6 Å². The molecule has 0 saturated carbocycles. The Hall–Kier alpha value is -1.53. The largest absolute Gasteiger partial charge is 0.375 e. The predicted octanol–water partition coefficient (Wildman–Crippen LogP) is 1.92. The third kappa shape index (κ3) is 5.20. The van der Waals surface area contributed by atoms with Crippen molar-refractivity contribution in [3.05, 3.63) is 35.1 Å². The van der Waals surface area contributed by atoms with Gasteiger partial charge < -0.3 is 10.5 Å². The number of hydrogen-bond donors (Lipinski definition) is 2. The first-order chi connectivity index (χ1) is 8.49. The summed E-state index contributed by atoms with van der Waals surface area (Å²) in [4.78, 5) is 0. The fraction of sp³-hybridized carbons (Fsp3) is 0.333. The van der Waals surface area contributed by atoms with Crippen molar-refractivity contribution < 1.29 is 9.13 Å². The molecule has 0 amide bonds. The number of nitrogens with zero attached hydrogens (tertiary/aromatic N) is 1. The zero-order chi connectivity index (χ0) is 13.5. The molecule has 18 heavy (non-hydrogen) atoms. The highest BCUT2D eigenvalue weighted by Gasteiger charge is 2.04. The van der Waals surface area contributed by atoms with Gasteiger partial charge in [-0.05, 0) is 37.7 Å². The Morgan fingerprint density at radius 1 is 1.61 bits per heavy atom. The van der Waals surface area contributed by atoms with Crippen LogP contribution < -0.4 is 11.2 Å². The maximum atomic E-state index is 13.7. The molecule has 0 aromatic heterocycles. The Balaban J connectivity index is 2.67. The van der Waals surface area contributed by atoms with Gasteiger partial charge in [0, 0.05) is 5.56 Å². The highest BCUT2D eigenvalue weighted by Crippen LogP contribution is 2.11. The van der Waals surface area contributed by atoms with E-state index in [0.717, 1.165) is 0 Å². The summed E-state index contributed by atoms with van der Waals surface area (Å²) in [7, 11) is 0. The highest BCUT2D eigenvalue weighted by atomic mass is 32.1. The second-order valence-electron chi connectivity index (χ2n) is 3.94. The van der Waals surface area contributed by atoms with Crippen LogP contribution in [0.4, 0.5) is 4.39 Å². The van der Waals surface area contributed by atoms with Crippen LogP contribution in [0, 0.1) is 5.82 Å². The molecule has 0 unspecified atom stereocenters. The van der Waals surface area contributed by atoms with E-state index >= 15 is 0 Å². The molecule has 0 heterocycles. The lowest BCUT2D eigenvalue weighted by atomic mass is 10.1. The van der Waals surface area contributed by atoms with Crippen molar-refractivity contribution in [1.29, 1.82) is 0 Å². The van der Waals surface area contributed by atoms with Crippen LogP contribution in [0.1, 0.15) is 25.0 Å². The average molecular weight is 269 g/mol. The van der Waals surface area contributed by atoms with Gasteiger partial charge in [0.05, 0.1) is 18.9 Å². The van der Waals surface area contributed by atoms with E-state index in [0.29, 0.717) is 11.1 Å². The van der Waals surface area contributed by atoms with Crippen LogP contribution in [0.15, 0.2) is 23.3 Å². The number of hydrazone groups is 1. The lowest BCUT2D eigenvalue weighted by molar-refractivity contribution is 0.0639. The minimum atomic E-state index is -0.324. The van der Waals surface area contributed by atoms with Crippen molar-refractivity contribution >= 4 is 23.5 Å². The fourth-order valence-electron chi connectivity index (χ4n) is 1.19. The smallest absolute Gasteiger partial charge is 0.184 e. The summed E-state index contributed by atoms with van der Waals surface area (Å²) >= 11 is 4.58. The minimum absolute atomic E-state index is 0.0636. The molecule has 0 radical (unpaired) electrons. The summed E-state index contributed by atoms with van der Waals surface area (Å²) in [6.07, 6.45) is 1.51. The number of nitrogens with two attached hydrogens (primary N) is 1. The van der Waals surface area contributed by atoms with Crippen LogP contribution in [-0.4, -0.2) is 17.4 Å². The van der Waals surface area contributed by atoms with Gasteiger partial charge in [-0.2, -0.15) is 5.10 Å². The van der Waals surface area contributed by atoms with E-state index in [1.807, 2.05) is 13.8 Å². The molecule has 1 aromatic carbocycles. The Morgan fingerprint density at radius 2 is 2.33 bits per heavy atom. The highest BCUT2D eigenvalue weighted by molar-refractivity contribution is 7.80. The first-order valence-corrected chi connectivity index (χ1v) is 5.88. The van der Waals surface area contributed by atoms with Gasteiger partial charge in [-0.3, -0.25) is 5.43 Å². The molecular formula is C12H16FN3OS. The van der Waals surface area contributed by atoms with Gasteiger partial charge in [-0.1, -0.05) is 12.1 Å². The van der Waals surface area contributed by atoms with E-state index in [9.17, 15) is 4.39 Å². The molecule has 0 saturated heterocycles. The van der Waals surface area contributed by atoms with E-state index < -0.39 is 0 Å². The van der Waals surface area contributed by atoms with Crippen molar-refractivity contribution in [2.75, 3.05) is 0 Å². The van der Waals surface area contributed by atoms with E-state index in [1.54, 1.807) is 12.1 Å². The molecule has 0 aliphatic rings. The van der Waals surface area contributed by atoms with E-state index in [2.05, 4.69) is 22.7 Å². The van der Waals surface area contributed by atoms with Gasteiger partial charge in [0.1, 0.15) is 5.82 Å². The summed E-state index contributed by atoms with van der Waals surface area (Å²) in [6.45, 7) is 4.06. The van der Waals surface area contributed by atoms with Gasteiger partial charge in [-0.15, -0.1) is 0 Å². The lowest BCUT2D eigenvalue weighted by Crippen LogP contribution is -2.24. The lowest BCUT2D eigenvalue weighted by Gasteiger charge is -2.08. The van der Waals surface area contributed by atoms with Crippen LogP contribution in [0.3, 0.4) is 0 Å². The Bertz CT molecular complexity index is 449. The van der Waals surface area contributed by atoms with Gasteiger partial charge in [0.2, 0.25) is 0 Å². The molecule has 1 rings (SSSR count). The number of benzene rings is 1. The van der Waals surface area contributed by atoms with E-state index in [4.69, 9.17) is 10.5 Å². The quantitative estimate of drug-likeness (QED) is 0.487. The van der Waals surface area contributed by atoms with Gasteiger partial charge in [0.25, 0.3) is 0 Å². The second-order valence-corrected chi connectivity index (χ2v) is 4.38. The average Bonchev–Trinajstić information content (AvgIpc) is 2.27. The first kappa shape index (κ1) is 14.5. The van der Waals surface area contributed by atoms with Gasteiger partial charge >= 0.3 is 0 Å². The summed E-state index contributed by atoms with van der Waals surface area (Å²) in [5.41, 5.74) is 8.73. The molecule has 4 nitrogen and oxygen atoms in total. The number of halogens is 1. The standard InChI is InChI=1S/C12H16FN3OS/c1-8(2)17-7-10-4-3-9(5-11(10)13)6-15-16-12(14)18/h3-6,8H,7H2,1-2H3,(H3,14,16,18). The molecule has 0 bridgehead atoms. The van der Waals surface area contributed by atoms with Crippen LogP contribution in [0.2, 0.25) is 0 Å². The maximum absolute atomic E-state index is 13.7. The Morgan fingerprint density at radius 3 is 2.89 bits per heavy atom. The number of hydrogen-bond acceptors (Lipinski definition) is 3. The van der Waals surface area contributed by atoms with Crippen LogP contribution >= 0.6 is 12.2 Å². The van der Waals surface area contributed by atoms with Crippen molar-refractivity contribution in [3.63, 3.8) is 0 Å². The first-order valence-electron chi connectivity index (χ1n) is 5.47. The number of rotatable bonds is 5. The van der Waals surface area contributed by atoms with Crippen LogP contribution in [0.5, 0.6) is 0 Å². The number of thiocarbonyl (C=S) groups is 1. The van der Waals surface area contributed by atoms with Gasteiger partial charge in [-0.25, -0.2) is 4.39 Å². The molecule has 0 aliphatic heterocycles. The van der Waals surface area contributed by atoms with Crippen molar-refractivity contribution in [3.8, 4) is 0 Å². The number of ether oxygens (including phenoxy) is 1. The Labute approximate surface area is 111 Å². The van der Waals surface area contributed by atoms with Crippen molar-refractivity contribution in [2.24, 2.45) is 10.8 Å². The van der Waals surface area contributed by atoms with Gasteiger partial charge in [0.15, 0.2) is 5.11 Å². The summed E-state index contributed by atoms with van der Waals surface area (Å²) < 4.78 is 19.0. The summed E-state index contributed by atoms with van der Waals surface area (Å²) in [5, 5.41) is 3.81. The zero-order valence-electron chi connectivity index (χ0n) is 10.3. The maximum Gasteiger partial charge on any atom is 0.184 e. The fourth-order valence-corrected chi connectivity index (χ4v) is 1.24. The molecule has 0 spiro atoms. The molecule has 1 aromatic rings. The summed E-state index contributed by atoms with van der Waals surface area (Å²) in [6, 6.07) is 4.79. The summed E-state index contributed by atoms with van der Waals surface area (Å²) in [5.74, 6) is -0.324. The molecule has 0 atom stereocenters. The molecule has 6 heteroatoms. The third-order valence-corrected chi connectivity index (χ3v) is 2.13. The molecule has 98 valence electrons.